The maximum Gasteiger partial charge on any atom is 0.0410 e. The van der Waals surface area contributed by atoms with Gasteiger partial charge in [0.05, 0.1) is 0 Å². The van der Waals surface area contributed by atoms with Crippen molar-refractivity contribution in [1.82, 2.24) is 4.98 Å². The van der Waals surface area contributed by atoms with Crippen LogP contribution in [0.4, 0.5) is 0 Å². The lowest BCUT2D eigenvalue weighted by molar-refractivity contribution is 0.716. The fourth-order valence-corrected chi connectivity index (χ4v) is 3.14. The van der Waals surface area contributed by atoms with E-state index in [2.05, 4.69) is 39.1 Å². The first-order chi connectivity index (χ1) is 9.22. The first-order valence-electron chi connectivity index (χ1n) is 6.69. The summed E-state index contributed by atoms with van der Waals surface area (Å²) in [6, 6.07) is 8.86. The lowest BCUT2D eigenvalue weighted by Gasteiger charge is -2.13. The summed E-state index contributed by atoms with van der Waals surface area (Å²) in [5.41, 5.74) is 11.7. The number of fused-ring (bicyclic) bond motifs is 1. The Balaban J connectivity index is 1.77. The van der Waals surface area contributed by atoms with E-state index in [1.165, 1.54) is 36.0 Å². The van der Waals surface area contributed by atoms with Gasteiger partial charge in [0, 0.05) is 22.9 Å². The van der Waals surface area contributed by atoms with E-state index in [0.717, 1.165) is 16.5 Å². The van der Waals surface area contributed by atoms with Crippen molar-refractivity contribution in [2.24, 2.45) is 5.73 Å². The molecule has 0 fully saturated rings. The second-order valence-electron chi connectivity index (χ2n) is 5.20. The molecule has 0 aliphatic heterocycles. The zero-order valence-electron chi connectivity index (χ0n) is 10.8. The third-order valence-electron chi connectivity index (χ3n) is 3.77. The van der Waals surface area contributed by atoms with Crippen LogP contribution in [0.1, 0.15) is 34.7 Å². The standard InChI is InChI=1S/C16H17BrN2/c17-15-8-14(9-19-10-15)16(18)7-11-4-5-12-2-1-3-13(12)6-11/h4-6,8-10,16H,1-3,7,18H2. The highest BCUT2D eigenvalue weighted by atomic mass is 79.9. The summed E-state index contributed by atoms with van der Waals surface area (Å²) >= 11 is 3.44. The van der Waals surface area contributed by atoms with E-state index < -0.39 is 0 Å². The quantitative estimate of drug-likeness (QED) is 0.940. The molecule has 0 amide bonds. The molecule has 1 heterocycles. The fourth-order valence-electron chi connectivity index (χ4n) is 2.75. The third-order valence-corrected chi connectivity index (χ3v) is 4.21. The number of hydrogen-bond acceptors (Lipinski definition) is 2. The van der Waals surface area contributed by atoms with Crippen molar-refractivity contribution in [3.8, 4) is 0 Å². The van der Waals surface area contributed by atoms with Crippen LogP contribution in [0.3, 0.4) is 0 Å². The predicted molar refractivity (Wildman–Crippen MR) is 81.0 cm³/mol. The minimum Gasteiger partial charge on any atom is -0.324 e. The highest BCUT2D eigenvalue weighted by Gasteiger charge is 2.13. The largest absolute Gasteiger partial charge is 0.324 e. The van der Waals surface area contributed by atoms with Gasteiger partial charge in [0.1, 0.15) is 0 Å². The van der Waals surface area contributed by atoms with E-state index in [0.29, 0.717) is 0 Å². The summed E-state index contributed by atoms with van der Waals surface area (Å²) in [5.74, 6) is 0. The molecule has 1 atom stereocenters. The maximum absolute atomic E-state index is 6.28. The average Bonchev–Trinajstić information content (AvgIpc) is 2.86. The molecule has 1 aromatic heterocycles. The van der Waals surface area contributed by atoms with Crippen molar-refractivity contribution in [3.05, 3.63) is 63.4 Å². The van der Waals surface area contributed by atoms with Crippen LogP contribution in [-0.2, 0) is 19.3 Å². The number of halogens is 1. The van der Waals surface area contributed by atoms with Crippen molar-refractivity contribution in [1.29, 1.82) is 0 Å². The summed E-state index contributed by atoms with van der Waals surface area (Å²) in [6.45, 7) is 0. The lowest BCUT2D eigenvalue weighted by atomic mass is 9.98. The summed E-state index contributed by atoms with van der Waals surface area (Å²) < 4.78 is 0.981. The Kier molecular flexibility index (Phi) is 3.67. The molecule has 2 aromatic rings. The zero-order chi connectivity index (χ0) is 13.2. The highest BCUT2D eigenvalue weighted by molar-refractivity contribution is 9.10. The summed E-state index contributed by atoms with van der Waals surface area (Å²) in [5, 5.41) is 0. The number of aromatic nitrogens is 1. The molecule has 98 valence electrons. The molecule has 0 bridgehead atoms. The molecule has 1 aliphatic carbocycles. The van der Waals surface area contributed by atoms with Crippen molar-refractivity contribution in [2.75, 3.05) is 0 Å². The minimum absolute atomic E-state index is 0.00412. The van der Waals surface area contributed by atoms with Gasteiger partial charge in [-0.3, -0.25) is 4.98 Å². The number of rotatable bonds is 3. The molecule has 19 heavy (non-hydrogen) atoms. The van der Waals surface area contributed by atoms with Crippen LogP contribution in [0, 0.1) is 0 Å². The maximum atomic E-state index is 6.28. The van der Waals surface area contributed by atoms with Gasteiger partial charge in [0.25, 0.3) is 0 Å². The van der Waals surface area contributed by atoms with E-state index in [1.54, 1.807) is 6.20 Å². The Bertz CT molecular complexity index is 595. The van der Waals surface area contributed by atoms with Crippen LogP contribution in [0.25, 0.3) is 0 Å². The van der Waals surface area contributed by atoms with Gasteiger partial charge < -0.3 is 5.73 Å². The molecule has 3 rings (SSSR count). The number of aryl methyl sites for hydroxylation is 2. The normalized spacial score (nSPS) is 15.3. The minimum atomic E-state index is 0.00412. The number of hydrogen-bond donors (Lipinski definition) is 1. The van der Waals surface area contributed by atoms with Crippen LogP contribution in [0.2, 0.25) is 0 Å². The summed E-state index contributed by atoms with van der Waals surface area (Å²) in [6.07, 6.45) is 8.24. The van der Waals surface area contributed by atoms with E-state index in [1.807, 2.05) is 12.3 Å². The molecule has 2 nitrogen and oxygen atoms in total. The smallest absolute Gasteiger partial charge is 0.0410 e. The number of pyridine rings is 1. The molecule has 1 unspecified atom stereocenters. The van der Waals surface area contributed by atoms with Gasteiger partial charge in [-0.15, -0.1) is 0 Å². The molecule has 2 N–H and O–H groups in total. The van der Waals surface area contributed by atoms with Gasteiger partial charge in [0.2, 0.25) is 0 Å². The van der Waals surface area contributed by atoms with Gasteiger partial charge in [-0.1, -0.05) is 18.2 Å². The van der Waals surface area contributed by atoms with Crippen LogP contribution >= 0.6 is 15.9 Å². The van der Waals surface area contributed by atoms with Crippen LogP contribution in [0.5, 0.6) is 0 Å². The molecule has 3 heteroatoms. The molecule has 0 spiro atoms. The molecule has 0 saturated heterocycles. The van der Waals surface area contributed by atoms with Gasteiger partial charge in [0.15, 0.2) is 0 Å². The first-order valence-corrected chi connectivity index (χ1v) is 7.48. The van der Waals surface area contributed by atoms with Crippen molar-refractivity contribution >= 4 is 15.9 Å². The second kappa shape index (κ2) is 5.43. The highest BCUT2D eigenvalue weighted by Crippen LogP contribution is 2.25. The Labute approximate surface area is 122 Å². The number of nitrogens with zero attached hydrogens (tertiary/aromatic N) is 1. The number of nitrogens with two attached hydrogens (primary N) is 1. The van der Waals surface area contributed by atoms with Crippen molar-refractivity contribution in [3.63, 3.8) is 0 Å². The topological polar surface area (TPSA) is 38.9 Å². The fraction of sp³-hybridized carbons (Fsp3) is 0.312. The van der Waals surface area contributed by atoms with Crippen LogP contribution in [0.15, 0.2) is 41.1 Å². The van der Waals surface area contributed by atoms with Gasteiger partial charge in [-0.2, -0.15) is 0 Å². The van der Waals surface area contributed by atoms with Crippen molar-refractivity contribution < 1.29 is 0 Å². The monoisotopic (exact) mass is 316 g/mol. The van der Waals surface area contributed by atoms with Crippen LogP contribution < -0.4 is 5.73 Å². The predicted octanol–water partition coefficient (Wildman–Crippen LogP) is 3.58. The average molecular weight is 317 g/mol. The Morgan fingerprint density at radius 2 is 2.00 bits per heavy atom. The van der Waals surface area contributed by atoms with Gasteiger partial charge in [-0.25, -0.2) is 0 Å². The summed E-state index contributed by atoms with van der Waals surface area (Å²) in [4.78, 5) is 4.18. The van der Waals surface area contributed by atoms with E-state index in [-0.39, 0.29) is 6.04 Å². The lowest BCUT2D eigenvalue weighted by Crippen LogP contribution is -2.13. The zero-order valence-corrected chi connectivity index (χ0v) is 12.4. The van der Waals surface area contributed by atoms with E-state index in [4.69, 9.17) is 5.73 Å². The second-order valence-corrected chi connectivity index (χ2v) is 6.12. The Morgan fingerprint density at radius 3 is 2.84 bits per heavy atom. The van der Waals surface area contributed by atoms with Gasteiger partial charge in [-0.05, 0) is 69.9 Å². The van der Waals surface area contributed by atoms with E-state index >= 15 is 0 Å². The molecule has 1 aromatic carbocycles. The summed E-state index contributed by atoms with van der Waals surface area (Å²) in [7, 11) is 0. The molecular formula is C16H17BrN2. The number of benzene rings is 1. The van der Waals surface area contributed by atoms with Crippen LogP contribution in [-0.4, -0.2) is 4.98 Å². The molecular weight excluding hydrogens is 300 g/mol. The SMILES string of the molecule is NC(Cc1ccc2c(c1)CCC2)c1cncc(Br)c1. The van der Waals surface area contributed by atoms with Gasteiger partial charge >= 0.3 is 0 Å². The Hall–Kier alpha value is -1.19. The molecule has 0 radical (unpaired) electrons. The van der Waals surface area contributed by atoms with E-state index in [9.17, 15) is 0 Å². The first kappa shape index (κ1) is 12.8. The molecule has 1 aliphatic rings. The molecule has 0 saturated carbocycles. The Morgan fingerprint density at radius 1 is 1.16 bits per heavy atom. The van der Waals surface area contributed by atoms with Crippen molar-refractivity contribution in [2.45, 2.75) is 31.7 Å². The third kappa shape index (κ3) is 2.88.